The van der Waals surface area contributed by atoms with E-state index in [9.17, 15) is 8.78 Å². The first-order valence-electron chi connectivity index (χ1n) is 11.2. The molecule has 2 aliphatic rings. The van der Waals surface area contributed by atoms with Crippen molar-refractivity contribution in [3.05, 3.63) is 77.1 Å². The molecule has 172 valence electrons. The van der Waals surface area contributed by atoms with Crippen molar-refractivity contribution in [2.24, 2.45) is 0 Å². The fourth-order valence-corrected chi connectivity index (χ4v) is 4.57. The molecule has 2 aliphatic heterocycles. The monoisotopic (exact) mass is 451 g/mol. The minimum atomic E-state index is -0.539. The Hall–Kier alpha value is -3.26. The van der Waals surface area contributed by atoms with Crippen LogP contribution in [0, 0.1) is 11.6 Å². The lowest BCUT2D eigenvalue weighted by molar-refractivity contribution is 0.242. The SMILES string of the molecule is COc1ccc(N2CCN(c3ncc4c(n3)CCN(Cc3cc(F)cc(F)c3)C4)CC2)cc1. The molecule has 0 spiro atoms. The molecule has 3 heterocycles. The maximum Gasteiger partial charge on any atom is 0.225 e. The van der Waals surface area contributed by atoms with E-state index in [2.05, 4.69) is 31.8 Å². The van der Waals surface area contributed by atoms with Crippen LogP contribution in [-0.4, -0.2) is 54.7 Å². The van der Waals surface area contributed by atoms with Gasteiger partial charge in [-0.25, -0.2) is 18.7 Å². The van der Waals surface area contributed by atoms with Crippen LogP contribution < -0.4 is 14.5 Å². The lowest BCUT2D eigenvalue weighted by Gasteiger charge is -2.36. The summed E-state index contributed by atoms with van der Waals surface area (Å²) in [6.07, 6.45) is 2.71. The number of aromatic nitrogens is 2. The molecule has 6 nitrogen and oxygen atoms in total. The highest BCUT2D eigenvalue weighted by Gasteiger charge is 2.23. The number of nitrogens with zero attached hydrogens (tertiary/aromatic N) is 5. The number of hydrogen-bond donors (Lipinski definition) is 0. The molecule has 1 fully saturated rings. The van der Waals surface area contributed by atoms with Gasteiger partial charge < -0.3 is 14.5 Å². The summed E-state index contributed by atoms with van der Waals surface area (Å²) < 4.78 is 32.3. The Bertz CT molecular complexity index is 1100. The zero-order valence-corrected chi connectivity index (χ0v) is 18.7. The van der Waals surface area contributed by atoms with E-state index in [1.54, 1.807) is 7.11 Å². The summed E-state index contributed by atoms with van der Waals surface area (Å²) in [6, 6.07) is 11.8. The number of ether oxygens (including phenoxy) is 1. The van der Waals surface area contributed by atoms with Crippen molar-refractivity contribution in [1.29, 1.82) is 0 Å². The van der Waals surface area contributed by atoms with Crippen LogP contribution in [0.2, 0.25) is 0 Å². The molecular formula is C25H27F2N5O. The highest BCUT2D eigenvalue weighted by molar-refractivity contribution is 5.51. The Morgan fingerprint density at radius 2 is 1.61 bits per heavy atom. The normalized spacial score (nSPS) is 16.6. The van der Waals surface area contributed by atoms with Gasteiger partial charge in [0.25, 0.3) is 0 Å². The van der Waals surface area contributed by atoms with Gasteiger partial charge in [-0.2, -0.15) is 0 Å². The molecule has 0 atom stereocenters. The lowest BCUT2D eigenvalue weighted by Crippen LogP contribution is -2.47. The largest absolute Gasteiger partial charge is 0.497 e. The average molecular weight is 452 g/mol. The predicted octanol–water partition coefficient (Wildman–Crippen LogP) is 3.65. The zero-order valence-electron chi connectivity index (χ0n) is 18.7. The molecule has 0 aliphatic carbocycles. The first-order valence-corrected chi connectivity index (χ1v) is 11.2. The molecule has 0 amide bonds. The van der Waals surface area contributed by atoms with Crippen molar-refractivity contribution >= 4 is 11.6 Å². The quantitative estimate of drug-likeness (QED) is 0.590. The number of hydrogen-bond acceptors (Lipinski definition) is 6. The average Bonchev–Trinajstić information content (AvgIpc) is 2.83. The third-order valence-electron chi connectivity index (χ3n) is 6.33. The molecule has 1 saturated heterocycles. The lowest BCUT2D eigenvalue weighted by atomic mass is 10.1. The highest BCUT2D eigenvalue weighted by Crippen LogP contribution is 2.24. The molecule has 5 rings (SSSR count). The first-order chi connectivity index (χ1) is 16.1. The van der Waals surface area contributed by atoms with Crippen molar-refractivity contribution in [2.45, 2.75) is 19.5 Å². The minimum absolute atomic E-state index is 0.503. The van der Waals surface area contributed by atoms with E-state index in [-0.39, 0.29) is 0 Å². The van der Waals surface area contributed by atoms with Gasteiger partial charge in [0.2, 0.25) is 5.95 Å². The summed E-state index contributed by atoms with van der Waals surface area (Å²) in [5, 5.41) is 0. The molecule has 3 aromatic rings. The minimum Gasteiger partial charge on any atom is -0.497 e. The van der Waals surface area contributed by atoms with Crippen LogP contribution in [0.1, 0.15) is 16.8 Å². The molecule has 2 aromatic carbocycles. The van der Waals surface area contributed by atoms with Crippen LogP contribution in [0.4, 0.5) is 20.4 Å². The second kappa shape index (κ2) is 9.31. The third kappa shape index (κ3) is 4.90. The van der Waals surface area contributed by atoms with Crippen molar-refractivity contribution in [3.8, 4) is 5.75 Å². The van der Waals surface area contributed by atoms with Crippen LogP contribution in [0.25, 0.3) is 0 Å². The van der Waals surface area contributed by atoms with Crippen LogP contribution in [0.5, 0.6) is 5.75 Å². The molecule has 1 aromatic heterocycles. The van der Waals surface area contributed by atoms with Gasteiger partial charge in [-0.3, -0.25) is 4.90 Å². The molecule has 0 radical (unpaired) electrons. The molecule has 8 heteroatoms. The number of piperazine rings is 1. The van der Waals surface area contributed by atoms with Crippen LogP contribution in [0.3, 0.4) is 0 Å². The van der Waals surface area contributed by atoms with Crippen molar-refractivity contribution < 1.29 is 13.5 Å². The van der Waals surface area contributed by atoms with E-state index < -0.39 is 11.6 Å². The fraction of sp³-hybridized carbons (Fsp3) is 0.360. The molecule has 33 heavy (non-hydrogen) atoms. The molecule has 0 unspecified atom stereocenters. The molecule has 0 bridgehead atoms. The maximum absolute atomic E-state index is 13.5. The van der Waals surface area contributed by atoms with E-state index in [1.165, 1.54) is 17.8 Å². The second-order valence-corrected chi connectivity index (χ2v) is 8.55. The number of rotatable bonds is 5. The summed E-state index contributed by atoms with van der Waals surface area (Å²) in [4.78, 5) is 16.3. The van der Waals surface area contributed by atoms with Crippen LogP contribution in [0.15, 0.2) is 48.7 Å². The second-order valence-electron chi connectivity index (χ2n) is 8.55. The van der Waals surface area contributed by atoms with Gasteiger partial charge in [0.1, 0.15) is 17.4 Å². The fourth-order valence-electron chi connectivity index (χ4n) is 4.57. The Morgan fingerprint density at radius 3 is 2.30 bits per heavy atom. The summed E-state index contributed by atoms with van der Waals surface area (Å²) in [5.74, 6) is 0.565. The van der Waals surface area contributed by atoms with Gasteiger partial charge >= 0.3 is 0 Å². The van der Waals surface area contributed by atoms with E-state index in [4.69, 9.17) is 9.72 Å². The standard InChI is InChI=1S/C25H27F2N5O/c1-33-23-4-2-22(3-5-23)31-8-10-32(11-9-31)25-28-15-19-17-30(7-6-24(19)29-25)16-18-12-20(26)14-21(27)13-18/h2-5,12-15H,6-11,16-17H2,1H3. The topological polar surface area (TPSA) is 44.7 Å². The van der Waals surface area contributed by atoms with Gasteiger partial charge in [0.05, 0.1) is 12.8 Å². The number of fused-ring (bicyclic) bond motifs is 1. The van der Waals surface area contributed by atoms with Crippen molar-refractivity contribution in [1.82, 2.24) is 14.9 Å². The number of anilines is 2. The third-order valence-corrected chi connectivity index (χ3v) is 6.33. The molecular weight excluding hydrogens is 424 g/mol. The van der Waals surface area contributed by atoms with Crippen molar-refractivity contribution in [2.75, 3.05) is 49.6 Å². The molecule has 0 N–H and O–H groups in total. The Balaban J connectivity index is 1.20. The van der Waals surface area contributed by atoms with E-state index in [0.717, 1.165) is 68.2 Å². The Kier molecular flexibility index (Phi) is 6.09. The van der Waals surface area contributed by atoms with Gasteiger partial charge in [0.15, 0.2) is 0 Å². The van der Waals surface area contributed by atoms with E-state index >= 15 is 0 Å². The van der Waals surface area contributed by atoms with Crippen LogP contribution >= 0.6 is 0 Å². The van der Waals surface area contributed by atoms with E-state index in [0.29, 0.717) is 18.7 Å². The number of methoxy groups -OCH3 is 1. The summed E-state index contributed by atoms with van der Waals surface area (Å²) in [6.45, 7) is 5.52. The first kappa shape index (κ1) is 21.6. The highest BCUT2D eigenvalue weighted by atomic mass is 19.1. The summed E-state index contributed by atoms with van der Waals surface area (Å²) >= 11 is 0. The Labute approximate surface area is 192 Å². The van der Waals surface area contributed by atoms with Gasteiger partial charge in [-0.15, -0.1) is 0 Å². The summed E-state index contributed by atoms with van der Waals surface area (Å²) in [7, 11) is 1.68. The van der Waals surface area contributed by atoms with Crippen LogP contribution in [-0.2, 0) is 19.5 Å². The number of benzene rings is 2. The Morgan fingerprint density at radius 1 is 0.909 bits per heavy atom. The maximum atomic E-state index is 13.5. The number of halogens is 2. The van der Waals surface area contributed by atoms with Gasteiger partial charge in [0, 0.05) is 75.7 Å². The van der Waals surface area contributed by atoms with Gasteiger partial charge in [-0.05, 0) is 42.0 Å². The van der Waals surface area contributed by atoms with Crippen molar-refractivity contribution in [3.63, 3.8) is 0 Å². The summed E-state index contributed by atoms with van der Waals surface area (Å²) in [5.41, 5.74) is 3.99. The zero-order chi connectivity index (χ0) is 22.8. The smallest absolute Gasteiger partial charge is 0.225 e. The molecule has 0 saturated carbocycles. The van der Waals surface area contributed by atoms with E-state index in [1.807, 2.05) is 18.3 Å². The predicted molar refractivity (Wildman–Crippen MR) is 124 cm³/mol. The van der Waals surface area contributed by atoms with Gasteiger partial charge in [-0.1, -0.05) is 0 Å².